The Morgan fingerprint density at radius 3 is 2.68 bits per heavy atom. The van der Waals surface area contributed by atoms with Crippen molar-refractivity contribution in [1.82, 2.24) is 0 Å². The van der Waals surface area contributed by atoms with Crippen molar-refractivity contribution in [3.63, 3.8) is 0 Å². The van der Waals surface area contributed by atoms with E-state index in [-0.39, 0.29) is 13.4 Å². The Morgan fingerprint density at radius 2 is 1.91 bits per heavy atom. The molecule has 0 spiro atoms. The number of hydrogen-bond acceptors (Lipinski definition) is 4. The van der Waals surface area contributed by atoms with E-state index in [0.29, 0.717) is 33.5 Å². The largest absolute Gasteiger partial charge is 0.467 e. The Hall–Kier alpha value is -1.75. The van der Waals surface area contributed by atoms with Gasteiger partial charge in [0.05, 0.1) is 12.2 Å². The first-order chi connectivity index (χ1) is 10.6. The molecular weight excluding hydrogens is 327 g/mol. The molecule has 4 nitrogen and oxygen atoms in total. The maximum absolute atomic E-state index is 12.0. The highest BCUT2D eigenvalue weighted by molar-refractivity contribution is 6.31. The van der Waals surface area contributed by atoms with Gasteiger partial charge in [0, 0.05) is 21.2 Å². The van der Waals surface area contributed by atoms with Gasteiger partial charge < -0.3 is 14.2 Å². The molecule has 1 aliphatic rings. The first-order valence-electron chi connectivity index (χ1n) is 6.58. The molecule has 114 valence electrons. The second-order valence-corrected chi connectivity index (χ2v) is 5.62. The monoisotopic (exact) mass is 338 g/mol. The maximum Gasteiger partial charge on any atom is 0.338 e. The summed E-state index contributed by atoms with van der Waals surface area (Å²) in [5, 5.41) is 1.11. The second-order valence-electron chi connectivity index (χ2n) is 4.75. The van der Waals surface area contributed by atoms with Crippen LogP contribution in [0.3, 0.4) is 0 Å². The van der Waals surface area contributed by atoms with Crippen LogP contribution in [0.25, 0.3) is 0 Å². The van der Waals surface area contributed by atoms with Gasteiger partial charge in [-0.15, -0.1) is 0 Å². The summed E-state index contributed by atoms with van der Waals surface area (Å²) in [4.78, 5) is 12.0. The fourth-order valence-electron chi connectivity index (χ4n) is 2.18. The van der Waals surface area contributed by atoms with E-state index in [9.17, 15) is 4.79 Å². The number of ether oxygens (including phenoxy) is 3. The molecule has 0 saturated carbocycles. The zero-order chi connectivity index (χ0) is 15.5. The first-order valence-corrected chi connectivity index (χ1v) is 7.33. The molecule has 0 atom stereocenters. The molecule has 3 rings (SSSR count). The lowest BCUT2D eigenvalue weighted by atomic mass is 10.1. The Morgan fingerprint density at radius 1 is 1.14 bits per heavy atom. The fraction of sp³-hybridized carbons (Fsp3) is 0.188. The predicted octanol–water partition coefficient (Wildman–Crippen LogP) is 4.22. The molecule has 0 radical (unpaired) electrons. The third kappa shape index (κ3) is 3.35. The van der Waals surface area contributed by atoms with E-state index in [1.165, 1.54) is 0 Å². The highest BCUT2D eigenvalue weighted by Gasteiger charge is 2.18. The van der Waals surface area contributed by atoms with E-state index in [2.05, 4.69) is 0 Å². The number of rotatable bonds is 3. The highest BCUT2D eigenvalue weighted by Crippen LogP contribution is 2.32. The van der Waals surface area contributed by atoms with Crippen LogP contribution in [0.5, 0.6) is 5.75 Å². The van der Waals surface area contributed by atoms with Crippen LogP contribution < -0.4 is 4.74 Å². The van der Waals surface area contributed by atoms with Crippen molar-refractivity contribution in [1.29, 1.82) is 0 Å². The Labute approximate surface area is 137 Å². The Kier molecular flexibility index (Phi) is 4.52. The second kappa shape index (κ2) is 6.57. The average Bonchev–Trinajstić information content (AvgIpc) is 2.52. The standard InChI is InChI=1S/C16H12Cl2O4/c17-13-3-1-10(2-4-13)16(19)21-8-12-6-14(18)5-11-7-20-9-22-15(11)12/h1-6H,7-9H2. The normalized spacial score (nSPS) is 13.2. The zero-order valence-corrected chi connectivity index (χ0v) is 13.0. The van der Waals surface area contributed by atoms with Crippen molar-refractivity contribution in [2.45, 2.75) is 13.2 Å². The van der Waals surface area contributed by atoms with E-state index < -0.39 is 5.97 Å². The van der Waals surface area contributed by atoms with Gasteiger partial charge >= 0.3 is 5.97 Å². The molecule has 0 N–H and O–H groups in total. The molecule has 0 fully saturated rings. The zero-order valence-electron chi connectivity index (χ0n) is 11.5. The van der Waals surface area contributed by atoms with Crippen LogP contribution >= 0.6 is 23.2 Å². The molecular formula is C16H12Cl2O4. The van der Waals surface area contributed by atoms with E-state index >= 15 is 0 Å². The third-order valence-corrected chi connectivity index (χ3v) is 3.66. The van der Waals surface area contributed by atoms with Gasteiger partial charge in [0.1, 0.15) is 12.4 Å². The van der Waals surface area contributed by atoms with Crippen LogP contribution in [-0.4, -0.2) is 12.8 Å². The van der Waals surface area contributed by atoms with Gasteiger partial charge in [0.2, 0.25) is 0 Å². The summed E-state index contributed by atoms with van der Waals surface area (Å²) in [6, 6.07) is 10.0. The molecule has 6 heteroatoms. The number of hydrogen-bond donors (Lipinski definition) is 0. The number of halogens is 2. The van der Waals surface area contributed by atoms with Gasteiger partial charge in [-0.1, -0.05) is 23.2 Å². The lowest BCUT2D eigenvalue weighted by Crippen LogP contribution is -2.14. The topological polar surface area (TPSA) is 44.8 Å². The minimum Gasteiger partial charge on any atom is -0.467 e. The number of carbonyl (C=O) groups is 1. The Bertz CT molecular complexity index is 698. The van der Waals surface area contributed by atoms with Crippen molar-refractivity contribution in [2.24, 2.45) is 0 Å². The summed E-state index contributed by atoms with van der Waals surface area (Å²) in [5.41, 5.74) is 1.99. The number of benzene rings is 2. The van der Waals surface area contributed by atoms with Crippen molar-refractivity contribution in [2.75, 3.05) is 6.79 Å². The molecule has 2 aromatic carbocycles. The molecule has 0 bridgehead atoms. The van der Waals surface area contributed by atoms with Crippen LogP contribution in [0.1, 0.15) is 21.5 Å². The maximum atomic E-state index is 12.0. The molecule has 0 unspecified atom stereocenters. The van der Waals surface area contributed by atoms with Gasteiger partial charge in [-0.3, -0.25) is 0 Å². The fourth-order valence-corrected chi connectivity index (χ4v) is 2.57. The SMILES string of the molecule is O=C(OCc1cc(Cl)cc2c1OCOC2)c1ccc(Cl)cc1. The van der Waals surface area contributed by atoms with Gasteiger partial charge in [-0.2, -0.15) is 0 Å². The van der Waals surface area contributed by atoms with Crippen molar-refractivity contribution in [3.8, 4) is 5.75 Å². The molecule has 0 amide bonds. The minimum atomic E-state index is -0.433. The summed E-state index contributed by atoms with van der Waals surface area (Å²) in [6.45, 7) is 0.672. The molecule has 0 aliphatic carbocycles. The molecule has 2 aromatic rings. The van der Waals surface area contributed by atoms with Crippen LogP contribution in [0.4, 0.5) is 0 Å². The quantitative estimate of drug-likeness (QED) is 0.786. The third-order valence-electron chi connectivity index (χ3n) is 3.19. The lowest BCUT2D eigenvalue weighted by molar-refractivity contribution is -0.0180. The summed E-state index contributed by atoms with van der Waals surface area (Å²) in [7, 11) is 0. The molecule has 1 heterocycles. The smallest absolute Gasteiger partial charge is 0.338 e. The van der Waals surface area contributed by atoms with Gasteiger partial charge in [-0.25, -0.2) is 4.79 Å². The molecule has 1 aliphatic heterocycles. The summed E-state index contributed by atoms with van der Waals surface area (Å²) >= 11 is 11.9. The first kappa shape index (κ1) is 15.2. The summed E-state index contributed by atoms with van der Waals surface area (Å²) in [6.07, 6.45) is 0. The van der Waals surface area contributed by atoms with Crippen LogP contribution in [0.2, 0.25) is 10.0 Å². The minimum absolute atomic E-state index is 0.0738. The van der Waals surface area contributed by atoms with Crippen LogP contribution in [0, 0.1) is 0 Å². The average molecular weight is 339 g/mol. The van der Waals surface area contributed by atoms with Crippen molar-refractivity contribution in [3.05, 3.63) is 63.1 Å². The lowest BCUT2D eigenvalue weighted by Gasteiger charge is -2.21. The number of fused-ring (bicyclic) bond motifs is 1. The van der Waals surface area contributed by atoms with E-state index in [1.807, 2.05) is 0 Å². The van der Waals surface area contributed by atoms with Crippen molar-refractivity contribution < 1.29 is 19.0 Å². The summed E-state index contributed by atoms with van der Waals surface area (Å²) < 4.78 is 16.0. The Balaban J connectivity index is 1.75. The van der Waals surface area contributed by atoms with E-state index in [4.69, 9.17) is 37.4 Å². The van der Waals surface area contributed by atoms with Gasteiger partial charge in [-0.05, 0) is 36.4 Å². The molecule has 22 heavy (non-hydrogen) atoms. The highest BCUT2D eigenvalue weighted by atomic mass is 35.5. The molecule has 0 saturated heterocycles. The van der Waals surface area contributed by atoms with Gasteiger partial charge in [0.15, 0.2) is 6.79 Å². The van der Waals surface area contributed by atoms with E-state index in [1.54, 1.807) is 36.4 Å². The van der Waals surface area contributed by atoms with E-state index in [0.717, 1.165) is 5.56 Å². The number of esters is 1. The molecule has 0 aromatic heterocycles. The van der Waals surface area contributed by atoms with Gasteiger partial charge in [0.25, 0.3) is 0 Å². The summed E-state index contributed by atoms with van der Waals surface area (Å²) in [5.74, 6) is 0.233. The van der Waals surface area contributed by atoms with Crippen molar-refractivity contribution >= 4 is 29.2 Å². The predicted molar refractivity (Wildman–Crippen MR) is 82.3 cm³/mol. The number of carbonyl (C=O) groups excluding carboxylic acids is 1. The van der Waals surface area contributed by atoms with Crippen LogP contribution in [-0.2, 0) is 22.7 Å². The van der Waals surface area contributed by atoms with Crippen LogP contribution in [0.15, 0.2) is 36.4 Å².